The van der Waals surface area contributed by atoms with E-state index in [1.807, 2.05) is 0 Å². The third-order valence-corrected chi connectivity index (χ3v) is 4.96. The molecule has 6 heteroatoms. The molecule has 0 spiro atoms. The molecule has 102 valence electrons. The monoisotopic (exact) mass is 272 g/mol. The van der Waals surface area contributed by atoms with Gasteiger partial charge in [0.1, 0.15) is 0 Å². The SMILES string of the molecule is CCN(CCOC)S(=O)(=O)c1cccc(N)c1C. The second-order valence-corrected chi connectivity index (χ2v) is 5.87. The number of nitrogens with two attached hydrogens (primary N) is 1. The topological polar surface area (TPSA) is 72.6 Å². The third-order valence-electron chi connectivity index (χ3n) is 2.84. The first-order chi connectivity index (χ1) is 8.45. The van der Waals surface area contributed by atoms with Crippen LogP contribution in [0.3, 0.4) is 0 Å². The van der Waals surface area contributed by atoms with E-state index in [2.05, 4.69) is 0 Å². The molecule has 0 bridgehead atoms. The number of methoxy groups -OCH3 is 1. The maximum Gasteiger partial charge on any atom is 0.243 e. The second kappa shape index (κ2) is 6.17. The van der Waals surface area contributed by atoms with Crippen LogP contribution in [0.5, 0.6) is 0 Å². The largest absolute Gasteiger partial charge is 0.398 e. The summed E-state index contributed by atoms with van der Waals surface area (Å²) in [6.45, 7) is 4.62. The highest BCUT2D eigenvalue weighted by molar-refractivity contribution is 7.89. The van der Waals surface area contributed by atoms with E-state index in [-0.39, 0.29) is 4.90 Å². The maximum absolute atomic E-state index is 12.5. The van der Waals surface area contributed by atoms with E-state index in [0.717, 1.165) is 0 Å². The van der Waals surface area contributed by atoms with Crippen LogP contribution in [0.4, 0.5) is 5.69 Å². The molecule has 0 unspecified atom stereocenters. The van der Waals surface area contributed by atoms with E-state index in [9.17, 15) is 8.42 Å². The molecule has 0 aliphatic rings. The van der Waals surface area contributed by atoms with E-state index >= 15 is 0 Å². The highest BCUT2D eigenvalue weighted by Gasteiger charge is 2.24. The second-order valence-electron chi connectivity index (χ2n) is 3.96. The summed E-state index contributed by atoms with van der Waals surface area (Å²) in [6, 6.07) is 4.93. The van der Waals surface area contributed by atoms with Crippen molar-refractivity contribution in [3.63, 3.8) is 0 Å². The summed E-state index contributed by atoms with van der Waals surface area (Å²) < 4.78 is 31.2. The summed E-state index contributed by atoms with van der Waals surface area (Å²) in [4.78, 5) is 0.264. The van der Waals surface area contributed by atoms with Gasteiger partial charge < -0.3 is 10.5 Å². The van der Waals surface area contributed by atoms with Crippen molar-refractivity contribution in [3.05, 3.63) is 23.8 Å². The van der Waals surface area contributed by atoms with Crippen LogP contribution in [0.25, 0.3) is 0 Å². The van der Waals surface area contributed by atoms with Crippen molar-refractivity contribution in [2.45, 2.75) is 18.7 Å². The Balaban J connectivity index is 3.15. The molecule has 0 amide bonds. The molecular formula is C12H20N2O3S. The summed E-state index contributed by atoms with van der Waals surface area (Å²) in [7, 11) is -1.96. The Morgan fingerprint density at radius 2 is 2.06 bits per heavy atom. The molecule has 5 nitrogen and oxygen atoms in total. The minimum Gasteiger partial charge on any atom is -0.398 e. The average Bonchev–Trinajstić information content (AvgIpc) is 2.33. The van der Waals surface area contributed by atoms with E-state index < -0.39 is 10.0 Å². The van der Waals surface area contributed by atoms with Gasteiger partial charge in [0.05, 0.1) is 11.5 Å². The number of nitrogens with zero attached hydrogens (tertiary/aromatic N) is 1. The van der Waals surface area contributed by atoms with Crippen LogP contribution in [-0.2, 0) is 14.8 Å². The number of likely N-dealkylation sites (N-methyl/N-ethyl adjacent to an activating group) is 1. The first-order valence-corrected chi connectivity index (χ1v) is 7.23. The van der Waals surface area contributed by atoms with Gasteiger partial charge in [-0.3, -0.25) is 0 Å². The fourth-order valence-electron chi connectivity index (χ4n) is 1.69. The highest BCUT2D eigenvalue weighted by Crippen LogP contribution is 2.23. The molecule has 0 radical (unpaired) electrons. The molecule has 0 atom stereocenters. The molecule has 0 saturated carbocycles. The zero-order valence-electron chi connectivity index (χ0n) is 11.0. The van der Waals surface area contributed by atoms with Gasteiger partial charge in [-0.1, -0.05) is 13.0 Å². The van der Waals surface area contributed by atoms with Crippen molar-refractivity contribution in [1.29, 1.82) is 0 Å². The Hall–Kier alpha value is -1.11. The quantitative estimate of drug-likeness (QED) is 0.791. The van der Waals surface area contributed by atoms with Gasteiger partial charge in [-0.15, -0.1) is 0 Å². The lowest BCUT2D eigenvalue weighted by atomic mass is 10.2. The molecule has 0 aromatic heterocycles. The smallest absolute Gasteiger partial charge is 0.243 e. The first-order valence-electron chi connectivity index (χ1n) is 5.79. The lowest BCUT2D eigenvalue weighted by Gasteiger charge is -2.21. The van der Waals surface area contributed by atoms with E-state index in [1.165, 1.54) is 4.31 Å². The summed E-state index contributed by atoms with van der Waals surface area (Å²) in [5.74, 6) is 0. The van der Waals surface area contributed by atoms with Crippen LogP contribution < -0.4 is 5.73 Å². The number of nitrogen functional groups attached to an aromatic ring is 1. The van der Waals surface area contributed by atoms with Crippen LogP contribution in [0.1, 0.15) is 12.5 Å². The first kappa shape index (κ1) is 14.9. The van der Waals surface area contributed by atoms with Crippen molar-refractivity contribution < 1.29 is 13.2 Å². The third kappa shape index (κ3) is 3.01. The summed E-state index contributed by atoms with van der Waals surface area (Å²) >= 11 is 0. The molecule has 2 N–H and O–H groups in total. The Morgan fingerprint density at radius 3 is 2.61 bits per heavy atom. The molecule has 1 aromatic carbocycles. The number of ether oxygens (including phenoxy) is 1. The predicted octanol–water partition coefficient (Wildman–Crippen LogP) is 1.23. The van der Waals surface area contributed by atoms with E-state index in [0.29, 0.717) is 30.9 Å². The van der Waals surface area contributed by atoms with Gasteiger partial charge in [0.15, 0.2) is 0 Å². The highest BCUT2D eigenvalue weighted by atomic mass is 32.2. The number of sulfonamides is 1. The van der Waals surface area contributed by atoms with Crippen LogP contribution in [0, 0.1) is 6.92 Å². The van der Waals surface area contributed by atoms with Gasteiger partial charge in [0, 0.05) is 25.9 Å². The molecule has 0 saturated heterocycles. The number of hydrogen-bond acceptors (Lipinski definition) is 4. The molecule has 18 heavy (non-hydrogen) atoms. The number of rotatable bonds is 6. The predicted molar refractivity (Wildman–Crippen MR) is 71.9 cm³/mol. The molecule has 0 aliphatic carbocycles. The van der Waals surface area contributed by atoms with Gasteiger partial charge in [0.2, 0.25) is 10.0 Å². The molecule has 0 aliphatic heterocycles. The Morgan fingerprint density at radius 1 is 1.39 bits per heavy atom. The molecule has 0 fully saturated rings. The van der Waals surface area contributed by atoms with Crippen molar-refractivity contribution >= 4 is 15.7 Å². The van der Waals surface area contributed by atoms with Crippen LogP contribution in [0.15, 0.2) is 23.1 Å². The van der Waals surface area contributed by atoms with Crippen molar-refractivity contribution in [2.24, 2.45) is 0 Å². The number of hydrogen-bond donors (Lipinski definition) is 1. The normalized spacial score (nSPS) is 12.0. The van der Waals surface area contributed by atoms with Crippen molar-refractivity contribution in [2.75, 3.05) is 32.5 Å². The lowest BCUT2D eigenvalue weighted by molar-refractivity contribution is 0.180. The molecule has 1 aromatic rings. The van der Waals surface area contributed by atoms with Crippen LogP contribution >= 0.6 is 0 Å². The Kier molecular flexibility index (Phi) is 5.13. The standard InChI is InChI=1S/C12H20N2O3S/c1-4-14(8-9-17-3)18(15,16)12-7-5-6-11(13)10(12)2/h5-7H,4,8-9,13H2,1-3H3. The minimum atomic E-state index is -3.50. The van der Waals surface area contributed by atoms with Gasteiger partial charge in [-0.05, 0) is 24.6 Å². The van der Waals surface area contributed by atoms with Crippen LogP contribution in [-0.4, -0.2) is 39.5 Å². The van der Waals surface area contributed by atoms with Gasteiger partial charge in [0.25, 0.3) is 0 Å². The van der Waals surface area contributed by atoms with Crippen LogP contribution in [0.2, 0.25) is 0 Å². The molecule has 1 rings (SSSR count). The van der Waals surface area contributed by atoms with E-state index in [1.54, 1.807) is 39.2 Å². The van der Waals surface area contributed by atoms with Gasteiger partial charge in [-0.2, -0.15) is 4.31 Å². The zero-order chi connectivity index (χ0) is 13.8. The lowest BCUT2D eigenvalue weighted by Crippen LogP contribution is -2.34. The van der Waals surface area contributed by atoms with Crippen molar-refractivity contribution in [1.82, 2.24) is 4.31 Å². The van der Waals surface area contributed by atoms with Crippen molar-refractivity contribution in [3.8, 4) is 0 Å². The average molecular weight is 272 g/mol. The molecule has 0 heterocycles. The number of benzene rings is 1. The minimum absolute atomic E-state index is 0.264. The zero-order valence-corrected chi connectivity index (χ0v) is 11.8. The fourth-order valence-corrected chi connectivity index (χ4v) is 3.38. The Labute approximate surface area is 109 Å². The number of anilines is 1. The summed E-state index contributed by atoms with van der Waals surface area (Å²) in [6.07, 6.45) is 0. The summed E-state index contributed by atoms with van der Waals surface area (Å²) in [5, 5.41) is 0. The molecular weight excluding hydrogens is 252 g/mol. The van der Waals surface area contributed by atoms with Gasteiger partial charge >= 0.3 is 0 Å². The maximum atomic E-state index is 12.5. The fraction of sp³-hybridized carbons (Fsp3) is 0.500. The summed E-state index contributed by atoms with van der Waals surface area (Å²) in [5.41, 5.74) is 6.83. The Bertz CT molecular complexity index is 500. The van der Waals surface area contributed by atoms with Gasteiger partial charge in [-0.25, -0.2) is 8.42 Å². The van der Waals surface area contributed by atoms with E-state index in [4.69, 9.17) is 10.5 Å².